The minimum absolute atomic E-state index is 0.0355. The van der Waals surface area contributed by atoms with Crippen molar-refractivity contribution in [2.45, 2.75) is 0 Å². The first-order chi connectivity index (χ1) is 16.0. The third-order valence-corrected chi connectivity index (χ3v) is 4.83. The quantitative estimate of drug-likeness (QED) is 0.467. The maximum Gasteiger partial charge on any atom is 0.257 e. The van der Waals surface area contributed by atoms with Crippen LogP contribution >= 0.6 is 0 Å². The van der Waals surface area contributed by atoms with Gasteiger partial charge in [0.05, 0.1) is 29.3 Å². The van der Waals surface area contributed by atoms with Crippen LogP contribution in [-0.4, -0.2) is 45.8 Å². The van der Waals surface area contributed by atoms with Gasteiger partial charge in [-0.3, -0.25) is 19.6 Å². The topological polar surface area (TPSA) is 100 Å². The highest BCUT2D eigenvalue weighted by Crippen LogP contribution is 2.23. The van der Waals surface area contributed by atoms with Crippen molar-refractivity contribution < 1.29 is 9.59 Å². The summed E-state index contributed by atoms with van der Waals surface area (Å²) in [6.07, 6.45) is 8.09. The number of amides is 2. The second-order valence-corrected chi connectivity index (χ2v) is 7.49. The molecule has 3 aromatic heterocycles. The summed E-state index contributed by atoms with van der Waals surface area (Å²) < 4.78 is 0. The molecule has 4 aromatic rings. The van der Waals surface area contributed by atoms with Crippen LogP contribution in [0.15, 0.2) is 85.6 Å². The SMILES string of the molecule is CN(C)C(=O)c1ccc(-c2ccc(Nc3cncc(NC(=O)c4cccnc4)c3)nc2)cc1. The van der Waals surface area contributed by atoms with Gasteiger partial charge in [-0.05, 0) is 48.0 Å². The van der Waals surface area contributed by atoms with Crippen LogP contribution < -0.4 is 10.6 Å². The first-order valence-corrected chi connectivity index (χ1v) is 10.2. The lowest BCUT2D eigenvalue weighted by Crippen LogP contribution is -2.21. The lowest BCUT2D eigenvalue weighted by atomic mass is 10.1. The van der Waals surface area contributed by atoms with E-state index in [1.165, 1.54) is 6.20 Å². The summed E-state index contributed by atoms with van der Waals surface area (Å²) in [6, 6.07) is 16.4. The predicted molar refractivity (Wildman–Crippen MR) is 127 cm³/mol. The average molecular weight is 438 g/mol. The second-order valence-electron chi connectivity index (χ2n) is 7.49. The molecule has 3 heterocycles. The van der Waals surface area contributed by atoms with E-state index in [1.54, 1.807) is 74.1 Å². The Balaban J connectivity index is 1.42. The Bertz CT molecular complexity index is 1260. The summed E-state index contributed by atoms with van der Waals surface area (Å²) in [7, 11) is 3.46. The summed E-state index contributed by atoms with van der Waals surface area (Å²) in [5.74, 6) is 0.338. The molecule has 0 bridgehead atoms. The molecule has 0 atom stereocenters. The number of nitrogens with one attached hydrogen (secondary N) is 2. The smallest absolute Gasteiger partial charge is 0.257 e. The van der Waals surface area contributed by atoms with Crippen molar-refractivity contribution in [3.8, 4) is 11.1 Å². The van der Waals surface area contributed by atoms with Crippen molar-refractivity contribution in [3.63, 3.8) is 0 Å². The molecule has 8 heteroatoms. The van der Waals surface area contributed by atoms with E-state index in [1.807, 2.05) is 24.3 Å². The molecule has 4 rings (SSSR count). The molecule has 0 saturated heterocycles. The van der Waals surface area contributed by atoms with Gasteiger partial charge < -0.3 is 15.5 Å². The van der Waals surface area contributed by atoms with Gasteiger partial charge in [-0.25, -0.2) is 4.98 Å². The molecule has 0 aliphatic heterocycles. The number of hydrogen-bond donors (Lipinski definition) is 2. The van der Waals surface area contributed by atoms with Gasteiger partial charge in [-0.15, -0.1) is 0 Å². The van der Waals surface area contributed by atoms with Crippen LogP contribution in [0.2, 0.25) is 0 Å². The minimum Gasteiger partial charge on any atom is -0.345 e. The summed E-state index contributed by atoms with van der Waals surface area (Å²) in [4.78, 5) is 38.5. The molecule has 164 valence electrons. The van der Waals surface area contributed by atoms with E-state index in [2.05, 4.69) is 25.6 Å². The van der Waals surface area contributed by atoms with Crippen LogP contribution in [-0.2, 0) is 0 Å². The van der Waals surface area contributed by atoms with E-state index >= 15 is 0 Å². The molecule has 0 saturated carbocycles. The van der Waals surface area contributed by atoms with Crippen LogP contribution in [0, 0.1) is 0 Å². The third-order valence-electron chi connectivity index (χ3n) is 4.83. The fourth-order valence-corrected chi connectivity index (χ4v) is 3.13. The van der Waals surface area contributed by atoms with E-state index in [0.717, 1.165) is 11.1 Å². The Kier molecular flexibility index (Phi) is 6.36. The summed E-state index contributed by atoms with van der Waals surface area (Å²) in [5, 5.41) is 5.99. The fraction of sp³-hybridized carbons (Fsp3) is 0.0800. The molecule has 33 heavy (non-hydrogen) atoms. The molecule has 8 nitrogen and oxygen atoms in total. The molecule has 2 N–H and O–H groups in total. The lowest BCUT2D eigenvalue weighted by molar-refractivity contribution is 0.0827. The first kappa shape index (κ1) is 21.6. The van der Waals surface area contributed by atoms with Crippen LogP contribution in [0.4, 0.5) is 17.2 Å². The largest absolute Gasteiger partial charge is 0.345 e. The maximum atomic E-state index is 12.3. The number of hydrogen-bond acceptors (Lipinski definition) is 6. The Morgan fingerprint density at radius 3 is 2.21 bits per heavy atom. The monoisotopic (exact) mass is 438 g/mol. The van der Waals surface area contributed by atoms with Gasteiger partial charge >= 0.3 is 0 Å². The predicted octanol–water partition coefficient (Wildman–Crippen LogP) is 4.24. The number of aromatic nitrogens is 3. The molecule has 0 fully saturated rings. The normalized spacial score (nSPS) is 10.4. The second kappa shape index (κ2) is 9.69. The molecule has 0 unspecified atom stereocenters. The lowest BCUT2D eigenvalue weighted by Gasteiger charge is -2.11. The van der Waals surface area contributed by atoms with Crippen LogP contribution in [0.3, 0.4) is 0 Å². The van der Waals surface area contributed by atoms with Gasteiger partial charge in [0.15, 0.2) is 0 Å². The highest BCUT2D eigenvalue weighted by Gasteiger charge is 2.09. The van der Waals surface area contributed by atoms with E-state index in [0.29, 0.717) is 28.3 Å². The summed E-state index contributed by atoms with van der Waals surface area (Å²) in [5.41, 5.74) is 4.24. The van der Waals surface area contributed by atoms with Gasteiger partial charge in [0.1, 0.15) is 5.82 Å². The number of carbonyl (C=O) groups is 2. The number of anilines is 3. The molecule has 1 aromatic carbocycles. The molecular formula is C25H22N6O2. The molecule has 0 aliphatic rings. The van der Waals surface area contributed by atoms with Crippen LogP contribution in [0.25, 0.3) is 11.1 Å². The van der Waals surface area contributed by atoms with Crippen molar-refractivity contribution in [1.82, 2.24) is 19.9 Å². The zero-order valence-electron chi connectivity index (χ0n) is 18.2. The van der Waals surface area contributed by atoms with Gasteiger partial charge in [0.25, 0.3) is 11.8 Å². The van der Waals surface area contributed by atoms with Crippen molar-refractivity contribution in [2.75, 3.05) is 24.7 Å². The molecule has 0 radical (unpaired) electrons. The van der Waals surface area contributed by atoms with E-state index in [4.69, 9.17) is 0 Å². The molecule has 0 aliphatic carbocycles. The van der Waals surface area contributed by atoms with E-state index in [-0.39, 0.29) is 11.8 Å². The van der Waals surface area contributed by atoms with Crippen molar-refractivity contribution in [1.29, 1.82) is 0 Å². The number of nitrogens with zero attached hydrogens (tertiary/aromatic N) is 4. The maximum absolute atomic E-state index is 12.3. The van der Waals surface area contributed by atoms with Crippen molar-refractivity contribution in [2.24, 2.45) is 0 Å². The number of pyridine rings is 3. The zero-order chi connectivity index (χ0) is 23.2. The van der Waals surface area contributed by atoms with Crippen molar-refractivity contribution >= 4 is 29.0 Å². The average Bonchev–Trinajstić information content (AvgIpc) is 2.85. The van der Waals surface area contributed by atoms with Gasteiger partial charge in [0, 0.05) is 43.8 Å². The molecule has 2 amide bonds. The van der Waals surface area contributed by atoms with Gasteiger partial charge in [-0.1, -0.05) is 12.1 Å². The zero-order valence-corrected chi connectivity index (χ0v) is 18.2. The highest BCUT2D eigenvalue weighted by molar-refractivity contribution is 6.04. The molecule has 0 spiro atoms. The highest BCUT2D eigenvalue weighted by atomic mass is 16.2. The number of rotatable bonds is 6. The van der Waals surface area contributed by atoms with Crippen LogP contribution in [0.1, 0.15) is 20.7 Å². The van der Waals surface area contributed by atoms with Gasteiger partial charge in [0.2, 0.25) is 0 Å². The van der Waals surface area contributed by atoms with Crippen molar-refractivity contribution in [3.05, 3.63) is 96.7 Å². The number of benzene rings is 1. The van der Waals surface area contributed by atoms with Gasteiger partial charge in [-0.2, -0.15) is 0 Å². The Morgan fingerprint density at radius 1 is 0.788 bits per heavy atom. The standard InChI is InChI=1S/C25H22N6O2/c1-31(2)25(33)18-7-5-17(6-8-18)19-9-10-23(28-14-19)29-21-12-22(16-27-15-21)30-24(32)20-4-3-11-26-13-20/h3-16H,1-2H3,(H,28,29)(H,30,32). The minimum atomic E-state index is -0.261. The fourth-order valence-electron chi connectivity index (χ4n) is 3.13. The molecular weight excluding hydrogens is 416 g/mol. The number of carbonyl (C=O) groups excluding carboxylic acids is 2. The Labute approximate surface area is 191 Å². The summed E-state index contributed by atoms with van der Waals surface area (Å²) >= 11 is 0. The van der Waals surface area contributed by atoms with E-state index in [9.17, 15) is 9.59 Å². The first-order valence-electron chi connectivity index (χ1n) is 10.2. The Morgan fingerprint density at radius 2 is 1.55 bits per heavy atom. The Hall–Kier alpha value is -4.59. The van der Waals surface area contributed by atoms with E-state index < -0.39 is 0 Å². The summed E-state index contributed by atoms with van der Waals surface area (Å²) in [6.45, 7) is 0. The third kappa shape index (κ3) is 5.37. The van der Waals surface area contributed by atoms with Crippen LogP contribution in [0.5, 0.6) is 0 Å².